The topological polar surface area (TPSA) is 71.2 Å². The summed E-state index contributed by atoms with van der Waals surface area (Å²) in [5.41, 5.74) is 6.69. The average molecular weight is 305 g/mol. The molecule has 0 bridgehead atoms. The number of anilines is 1. The van der Waals surface area contributed by atoms with E-state index in [1.807, 2.05) is 24.3 Å². The minimum absolute atomic E-state index is 0. The summed E-state index contributed by atoms with van der Waals surface area (Å²) in [7, 11) is 1.96. The molecule has 1 aromatic heterocycles. The van der Waals surface area contributed by atoms with Crippen molar-refractivity contribution >= 4 is 34.8 Å². The maximum absolute atomic E-state index is 11.9. The zero-order valence-corrected chi connectivity index (χ0v) is 12.9. The monoisotopic (exact) mass is 304 g/mol. The predicted molar refractivity (Wildman–Crippen MR) is 80.9 cm³/mol. The maximum atomic E-state index is 11.9. The van der Waals surface area contributed by atoms with E-state index in [2.05, 4.69) is 10.3 Å². The fourth-order valence-electron chi connectivity index (χ4n) is 2.13. The van der Waals surface area contributed by atoms with Gasteiger partial charge in [0.2, 0.25) is 5.91 Å². The van der Waals surface area contributed by atoms with Gasteiger partial charge in [0.1, 0.15) is 0 Å². The SMILES string of the molecule is Cc1csc(NC(=O)CN(C)C(CN)C2CC2)n1.Cl. The van der Waals surface area contributed by atoms with Gasteiger partial charge in [0.25, 0.3) is 0 Å². The predicted octanol–water partition coefficient (Wildman–Crippen LogP) is 1.48. The van der Waals surface area contributed by atoms with Crippen molar-refractivity contribution in [3.8, 4) is 0 Å². The number of nitrogens with zero attached hydrogens (tertiary/aromatic N) is 2. The summed E-state index contributed by atoms with van der Waals surface area (Å²) < 4.78 is 0. The molecule has 2 rings (SSSR count). The van der Waals surface area contributed by atoms with Crippen molar-refractivity contribution in [2.24, 2.45) is 11.7 Å². The normalized spacial score (nSPS) is 16.0. The van der Waals surface area contributed by atoms with Gasteiger partial charge < -0.3 is 11.1 Å². The Labute approximate surface area is 124 Å². The lowest BCUT2D eigenvalue weighted by Crippen LogP contribution is -2.43. The van der Waals surface area contributed by atoms with Crippen LogP contribution in [0.25, 0.3) is 0 Å². The molecule has 1 aliphatic carbocycles. The molecule has 1 saturated carbocycles. The van der Waals surface area contributed by atoms with Crippen molar-refractivity contribution < 1.29 is 4.79 Å². The third-order valence-electron chi connectivity index (χ3n) is 3.23. The van der Waals surface area contributed by atoms with Gasteiger partial charge >= 0.3 is 0 Å². The summed E-state index contributed by atoms with van der Waals surface area (Å²) in [5, 5.41) is 5.41. The van der Waals surface area contributed by atoms with E-state index in [9.17, 15) is 4.79 Å². The Morgan fingerprint density at radius 3 is 2.84 bits per heavy atom. The second-order valence-corrected chi connectivity index (χ2v) is 5.76. The van der Waals surface area contributed by atoms with E-state index < -0.39 is 0 Å². The highest BCUT2D eigenvalue weighted by molar-refractivity contribution is 7.13. The highest BCUT2D eigenvalue weighted by atomic mass is 35.5. The van der Waals surface area contributed by atoms with Crippen LogP contribution in [-0.2, 0) is 4.79 Å². The Hall–Kier alpha value is -0.690. The molecule has 0 saturated heterocycles. The molecule has 0 aromatic carbocycles. The van der Waals surface area contributed by atoms with Crippen molar-refractivity contribution in [3.05, 3.63) is 11.1 Å². The molecule has 1 unspecified atom stereocenters. The lowest BCUT2D eigenvalue weighted by Gasteiger charge is -2.25. The molecule has 19 heavy (non-hydrogen) atoms. The summed E-state index contributed by atoms with van der Waals surface area (Å²) >= 11 is 1.45. The van der Waals surface area contributed by atoms with Crippen molar-refractivity contribution in [1.82, 2.24) is 9.88 Å². The lowest BCUT2D eigenvalue weighted by atomic mass is 10.1. The standard InChI is InChI=1S/C12H20N4OS.ClH/c1-8-7-18-12(14-8)15-11(17)6-16(2)10(5-13)9-3-4-9;/h7,9-10H,3-6,13H2,1-2H3,(H,14,15,17);1H. The maximum Gasteiger partial charge on any atom is 0.240 e. The van der Waals surface area contributed by atoms with Crippen molar-refractivity contribution in [2.75, 3.05) is 25.5 Å². The van der Waals surface area contributed by atoms with Crippen LogP contribution < -0.4 is 11.1 Å². The van der Waals surface area contributed by atoms with Crippen molar-refractivity contribution in [1.29, 1.82) is 0 Å². The first-order chi connectivity index (χ1) is 8.60. The summed E-state index contributed by atoms with van der Waals surface area (Å²) in [6.45, 7) is 2.90. The molecule has 1 amide bonds. The first-order valence-corrected chi connectivity index (χ1v) is 7.10. The van der Waals surface area contributed by atoms with E-state index in [4.69, 9.17) is 5.73 Å². The van der Waals surface area contributed by atoms with E-state index in [-0.39, 0.29) is 18.3 Å². The number of halogens is 1. The lowest BCUT2D eigenvalue weighted by molar-refractivity contribution is -0.117. The highest BCUT2D eigenvalue weighted by Crippen LogP contribution is 2.34. The van der Waals surface area contributed by atoms with Crippen LogP contribution in [0, 0.1) is 12.8 Å². The molecule has 3 N–H and O–H groups in total. The molecular formula is C12H21ClN4OS. The Bertz CT molecular complexity index is 422. The fourth-order valence-corrected chi connectivity index (χ4v) is 2.83. The van der Waals surface area contributed by atoms with Crippen LogP contribution in [0.4, 0.5) is 5.13 Å². The Kier molecular flexibility index (Phi) is 6.19. The van der Waals surface area contributed by atoms with Gasteiger partial charge in [0.05, 0.1) is 12.2 Å². The molecule has 0 radical (unpaired) electrons. The van der Waals surface area contributed by atoms with Gasteiger partial charge in [0, 0.05) is 18.0 Å². The number of hydrogen-bond acceptors (Lipinski definition) is 5. The third kappa shape index (κ3) is 4.72. The molecule has 1 aliphatic rings. The van der Waals surface area contributed by atoms with Gasteiger partial charge in [-0.1, -0.05) is 0 Å². The number of thiazole rings is 1. The quantitative estimate of drug-likeness (QED) is 0.835. The van der Waals surface area contributed by atoms with Gasteiger partial charge in [0.15, 0.2) is 5.13 Å². The molecule has 0 aliphatic heterocycles. The third-order valence-corrected chi connectivity index (χ3v) is 4.11. The highest BCUT2D eigenvalue weighted by Gasteiger charge is 2.33. The average Bonchev–Trinajstić information content (AvgIpc) is 3.04. The van der Waals surface area contributed by atoms with Crippen LogP contribution >= 0.6 is 23.7 Å². The first-order valence-electron chi connectivity index (χ1n) is 6.22. The van der Waals surface area contributed by atoms with Gasteiger partial charge in [-0.25, -0.2) is 4.98 Å². The summed E-state index contributed by atoms with van der Waals surface area (Å²) in [6, 6.07) is 0.328. The fraction of sp³-hybridized carbons (Fsp3) is 0.667. The van der Waals surface area contributed by atoms with Gasteiger partial charge in [-0.05, 0) is 32.7 Å². The molecule has 0 spiro atoms. The largest absolute Gasteiger partial charge is 0.329 e. The Balaban J connectivity index is 0.00000180. The van der Waals surface area contributed by atoms with E-state index in [1.165, 1.54) is 24.2 Å². The summed E-state index contributed by atoms with van der Waals surface area (Å²) in [5.74, 6) is 0.654. The number of amides is 1. The minimum atomic E-state index is -0.0223. The number of carbonyl (C=O) groups excluding carboxylic acids is 1. The molecule has 1 fully saturated rings. The number of rotatable bonds is 6. The summed E-state index contributed by atoms with van der Waals surface area (Å²) in [4.78, 5) is 18.1. The summed E-state index contributed by atoms with van der Waals surface area (Å²) in [6.07, 6.45) is 2.47. The number of hydrogen-bond donors (Lipinski definition) is 2. The Morgan fingerprint density at radius 2 is 2.37 bits per heavy atom. The van der Waals surface area contributed by atoms with E-state index >= 15 is 0 Å². The number of aromatic nitrogens is 1. The van der Waals surface area contributed by atoms with Crippen LogP contribution in [0.3, 0.4) is 0 Å². The molecule has 1 aromatic rings. The van der Waals surface area contributed by atoms with E-state index in [0.29, 0.717) is 30.2 Å². The van der Waals surface area contributed by atoms with Crippen molar-refractivity contribution in [2.45, 2.75) is 25.8 Å². The van der Waals surface area contributed by atoms with Crippen molar-refractivity contribution in [3.63, 3.8) is 0 Å². The molecule has 7 heteroatoms. The molecule has 1 atom stereocenters. The molecule has 5 nitrogen and oxygen atoms in total. The van der Waals surface area contributed by atoms with Crippen LogP contribution in [0.1, 0.15) is 18.5 Å². The second kappa shape index (κ2) is 7.19. The molecular weight excluding hydrogens is 284 g/mol. The zero-order valence-electron chi connectivity index (χ0n) is 11.3. The van der Waals surface area contributed by atoms with Gasteiger partial charge in [-0.2, -0.15) is 0 Å². The molecule has 1 heterocycles. The van der Waals surface area contributed by atoms with E-state index in [0.717, 1.165) is 5.69 Å². The zero-order chi connectivity index (χ0) is 13.1. The minimum Gasteiger partial charge on any atom is -0.329 e. The smallest absolute Gasteiger partial charge is 0.240 e. The van der Waals surface area contributed by atoms with Crippen LogP contribution in [0.5, 0.6) is 0 Å². The molecule has 108 valence electrons. The van der Waals surface area contributed by atoms with Gasteiger partial charge in [-0.3, -0.25) is 9.69 Å². The van der Waals surface area contributed by atoms with Crippen LogP contribution in [-0.4, -0.2) is 42.0 Å². The van der Waals surface area contributed by atoms with Gasteiger partial charge in [-0.15, -0.1) is 23.7 Å². The van der Waals surface area contributed by atoms with E-state index in [1.54, 1.807) is 0 Å². The first kappa shape index (κ1) is 16.4. The number of nitrogens with two attached hydrogens (primary N) is 1. The second-order valence-electron chi connectivity index (χ2n) is 4.90. The number of carbonyl (C=O) groups is 1. The number of nitrogens with one attached hydrogen (secondary N) is 1. The van der Waals surface area contributed by atoms with Crippen LogP contribution in [0.2, 0.25) is 0 Å². The number of aryl methyl sites for hydroxylation is 1. The Morgan fingerprint density at radius 1 is 1.68 bits per heavy atom. The van der Waals surface area contributed by atoms with Crippen LogP contribution in [0.15, 0.2) is 5.38 Å². The number of likely N-dealkylation sites (N-methyl/N-ethyl adjacent to an activating group) is 1.